The van der Waals surface area contributed by atoms with Crippen molar-refractivity contribution in [2.24, 2.45) is 0 Å². The molecule has 13 rings (SSSR count). The first-order chi connectivity index (χ1) is 28.9. The summed E-state index contributed by atoms with van der Waals surface area (Å²) < 4.78 is 1.97. The maximum absolute atomic E-state index is 15.0. The molecule has 3 aromatic heterocycles. The number of carbonyl (C=O) groups excluding carboxylic acids is 1. The number of unbranched alkanes of at least 4 members (excludes halogenated alkanes) is 4. The molecule has 0 saturated heterocycles. The Hall–Kier alpha value is -6.96. The molecule has 1 aliphatic rings. The van der Waals surface area contributed by atoms with Crippen LogP contribution in [0, 0.1) is 0 Å². The van der Waals surface area contributed by atoms with Crippen LogP contribution < -0.4 is 10.9 Å². The summed E-state index contributed by atoms with van der Waals surface area (Å²) in [6, 6.07) is 33.6. The monoisotopic (exact) mass is 765 g/mol. The Morgan fingerprint density at radius 2 is 1.32 bits per heavy atom. The number of ketones is 1. The second-order valence-electron chi connectivity index (χ2n) is 16.7. The molecule has 1 atom stereocenters. The van der Waals surface area contributed by atoms with Crippen LogP contribution in [-0.4, -0.2) is 25.5 Å². The van der Waals surface area contributed by atoms with Gasteiger partial charge in [0.05, 0.1) is 22.1 Å². The predicted molar refractivity (Wildman–Crippen MR) is 240 cm³/mol. The van der Waals surface area contributed by atoms with E-state index in [2.05, 4.69) is 24.0 Å². The fourth-order valence-electron chi connectivity index (χ4n) is 10.9. The van der Waals surface area contributed by atoms with Gasteiger partial charge in [0.1, 0.15) is 11.6 Å². The lowest BCUT2D eigenvalue weighted by Gasteiger charge is -2.25. The number of aromatic nitrogens is 3. The minimum absolute atomic E-state index is 0.00399. The van der Waals surface area contributed by atoms with E-state index < -0.39 is 6.10 Å². The van der Waals surface area contributed by atoms with Gasteiger partial charge in [-0.2, -0.15) is 5.10 Å². The third-order valence-electron chi connectivity index (χ3n) is 13.6. The van der Waals surface area contributed by atoms with Crippen molar-refractivity contribution in [1.29, 1.82) is 0 Å². The number of aryl methyl sites for hydroxylation is 1. The summed E-state index contributed by atoms with van der Waals surface area (Å²) >= 11 is 0. The number of aliphatic hydroxyl groups is 1. The molecule has 0 radical (unpaired) electrons. The number of H-pyrrole nitrogens is 1. The Balaban J connectivity index is 1.03. The SMILES string of the molecule is CCCCCCCc1ccc2c(c1)C(O)c1ccc3c([nH]c4ccc5c6ccc7c8c(ccc(c(=O)c5c43)c68)c3ccc4c(=O)c5ccccc5c5nn7c3c45)c1C2=O. The minimum atomic E-state index is -0.937. The van der Waals surface area contributed by atoms with Crippen LogP contribution in [0.2, 0.25) is 0 Å². The highest BCUT2D eigenvalue weighted by Gasteiger charge is 2.33. The number of carbonyl (C=O) groups is 1. The largest absolute Gasteiger partial charge is 0.384 e. The molecule has 0 fully saturated rings. The van der Waals surface area contributed by atoms with Crippen LogP contribution in [-0.2, 0) is 6.42 Å². The van der Waals surface area contributed by atoms with Gasteiger partial charge >= 0.3 is 0 Å². The van der Waals surface area contributed by atoms with Gasteiger partial charge in [-0.25, -0.2) is 4.52 Å². The number of nitrogens with one attached hydrogen (secondary N) is 1. The molecule has 0 bridgehead atoms. The first kappa shape index (κ1) is 33.1. The van der Waals surface area contributed by atoms with E-state index in [0.29, 0.717) is 49.3 Å². The van der Waals surface area contributed by atoms with E-state index in [1.807, 2.05) is 95.5 Å². The minimum Gasteiger partial charge on any atom is -0.384 e. The van der Waals surface area contributed by atoms with Gasteiger partial charge in [-0.05, 0) is 70.0 Å². The zero-order valence-corrected chi connectivity index (χ0v) is 32.2. The van der Waals surface area contributed by atoms with Crippen LogP contribution in [0.4, 0.5) is 0 Å². The van der Waals surface area contributed by atoms with E-state index >= 15 is 4.79 Å². The third-order valence-corrected chi connectivity index (χ3v) is 13.6. The molecule has 1 aliphatic carbocycles. The van der Waals surface area contributed by atoms with Gasteiger partial charge < -0.3 is 10.1 Å². The van der Waals surface area contributed by atoms with E-state index in [-0.39, 0.29) is 16.6 Å². The van der Waals surface area contributed by atoms with Crippen molar-refractivity contribution in [1.82, 2.24) is 14.6 Å². The maximum atomic E-state index is 15.0. The van der Waals surface area contributed by atoms with Crippen molar-refractivity contribution < 1.29 is 9.90 Å². The molecule has 0 saturated carbocycles. The molecule has 12 aromatic rings. The summed E-state index contributed by atoms with van der Waals surface area (Å²) in [7, 11) is 0. The van der Waals surface area contributed by atoms with Crippen molar-refractivity contribution in [2.45, 2.75) is 51.6 Å². The molecule has 3 heterocycles. The number of hydrogen-bond donors (Lipinski definition) is 2. The molecule has 7 heteroatoms. The lowest BCUT2D eigenvalue weighted by atomic mass is 9.81. The summed E-state index contributed by atoms with van der Waals surface area (Å²) in [6.45, 7) is 2.22. The molecule has 0 amide bonds. The highest BCUT2D eigenvalue weighted by molar-refractivity contribution is 6.37. The van der Waals surface area contributed by atoms with Crippen molar-refractivity contribution >= 4 is 109 Å². The number of pyridine rings is 1. The predicted octanol–water partition coefficient (Wildman–Crippen LogP) is 11.2. The number of hydrogen-bond acceptors (Lipinski definition) is 5. The van der Waals surface area contributed by atoms with E-state index in [9.17, 15) is 14.7 Å². The van der Waals surface area contributed by atoms with Crippen LogP contribution in [0.1, 0.15) is 77.7 Å². The van der Waals surface area contributed by atoms with Gasteiger partial charge in [0.25, 0.3) is 0 Å². The van der Waals surface area contributed by atoms with Gasteiger partial charge in [-0.15, -0.1) is 0 Å². The Morgan fingerprint density at radius 3 is 2.19 bits per heavy atom. The van der Waals surface area contributed by atoms with Crippen molar-refractivity contribution in [2.75, 3.05) is 0 Å². The fourth-order valence-corrected chi connectivity index (χ4v) is 10.9. The molecular weight excluding hydrogens is 731 g/mol. The average molecular weight is 766 g/mol. The van der Waals surface area contributed by atoms with Crippen molar-refractivity contribution in [3.63, 3.8) is 0 Å². The number of aromatic amines is 1. The molecular formula is C52H35N3O4. The topological polar surface area (TPSA) is 105 Å². The lowest BCUT2D eigenvalue weighted by Crippen LogP contribution is -2.20. The van der Waals surface area contributed by atoms with Gasteiger partial charge in [0, 0.05) is 70.3 Å². The lowest BCUT2D eigenvalue weighted by molar-refractivity contribution is 0.102. The van der Waals surface area contributed by atoms with Crippen molar-refractivity contribution in [3.05, 3.63) is 151 Å². The first-order valence-electron chi connectivity index (χ1n) is 20.7. The normalized spacial score (nSPS) is 14.7. The zero-order valence-electron chi connectivity index (χ0n) is 32.2. The van der Waals surface area contributed by atoms with E-state index in [0.717, 1.165) is 94.3 Å². The Labute approximate surface area is 335 Å². The second kappa shape index (κ2) is 11.6. The molecule has 59 heavy (non-hydrogen) atoms. The summed E-state index contributed by atoms with van der Waals surface area (Å²) in [5.41, 5.74) is 7.26. The van der Waals surface area contributed by atoms with E-state index in [4.69, 9.17) is 5.10 Å². The van der Waals surface area contributed by atoms with Crippen LogP contribution in [0.15, 0.2) is 113 Å². The van der Waals surface area contributed by atoms with Gasteiger partial charge in [-0.1, -0.05) is 111 Å². The quantitative estimate of drug-likeness (QED) is 0.0996. The fraction of sp³-hybridized carbons (Fsp3) is 0.154. The highest BCUT2D eigenvalue weighted by Crippen LogP contribution is 2.46. The average Bonchev–Trinajstić information content (AvgIpc) is 3.86. The number of fused-ring (bicyclic) bond motifs is 13. The van der Waals surface area contributed by atoms with Crippen LogP contribution in [0.5, 0.6) is 0 Å². The van der Waals surface area contributed by atoms with Gasteiger partial charge in [0.15, 0.2) is 16.6 Å². The number of benzene rings is 9. The first-order valence-corrected chi connectivity index (χ1v) is 20.7. The number of aliphatic hydroxyl groups excluding tert-OH is 1. The van der Waals surface area contributed by atoms with Crippen LogP contribution in [0.3, 0.4) is 0 Å². The molecule has 9 aromatic carbocycles. The molecule has 0 aliphatic heterocycles. The zero-order chi connectivity index (χ0) is 39.4. The highest BCUT2D eigenvalue weighted by atomic mass is 16.3. The summed E-state index contributed by atoms with van der Waals surface area (Å²) in [5, 5.41) is 28.4. The van der Waals surface area contributed by atoms with Gasteiger partial charge in [-0.3, -0.25) is 14.4 Å². The molecule has 0 spiro atoms. The Kier molecular flexibility index (Phi) is 6.49. The standard InChI is InChI=1S/C52H35N3O4/c1-2-3-4-5-6-9-25-12-13-32-37(24-25)50(57)36-19-16-33-41-38(53-46(33)45(36)51(32)58)22-20-27-26-21-23-39-42-28(14-17-34(40(26)42)52(59)43(27)41)30-15-18-35-44-47(54-55(39)48(30)44)29-10-7-8-11-31(29)49(35)56/h7-8,10-24,50,53,57H,2-6,9H2,1H3. The van der Waals surface area contributed by atoms with Crippen LogP contribution >= 0.6 is 0 Å². The number of nitrogens with zero attached hydrogens (tertiary/aromatic N) is 2. The second-order valence-corrected chi connectivity index (χ2v) is 16.7. The molecule has 2 N–H and O–H groups in total. The maximum Gasteiger partial charge on any atom is 0.195 e. The van der Waals surface area contributed by atoms with Crippen LogP contribution in [0.25, 0.3) is 103 Å². The van der Waals surface area contributed by atoms with E-state index in [1.54, 1.807) is 0 Å². The summed E-state index contributed by atoms with van der Waals surface area (Å²) in [4.78, 5) is 46.7. The smallest absolute Gasteiger partial charge is 0.195 e. The Bertz CT molecular complexity index is 3950. The summed E-state index contributed by atoms with van der Waals surface area (Å²) in [5.74, 6) is -0.122. The molecule has 7 nitrogen and oxygen atoms in total. The van der Waals surface area contributed by atoms with E-state index in [1.165, 1.54) is 25.7 Å². The Morgan fingerprint density at radius 1 is 0.610 bits per heavy atom. The van der Waals surface area contributed by atoms with Gasteiger partial charge in [0.2, 0.25) is 0 Å². The third kappa shape index (κ3) is 4.10. The molecule has 1 unspecified atom stereocenters. The number of rotatable bonds is 6. The summed E-state index contributed by atoms with van der Waals surface area (Å²) in [6.07, 6.45) is 5.91. The van der Waals surface area contributed by atoms with Crippen molar-refractivity contribution in [3.8, 4) is 0 Å². The molecule has 282 valence electrons.